The number of ether oxygens (including phenoxy) is 2. The molecule has 0 aromatic heterocycles. The van der Waals surface area contributed by atoms with Crippen LogP contribution in [0, 0.1) is 0 Å². The van der Waals surface area contributed by atoms with Crippen molar-refractivity contribution >= 4 is 11.6 Å². The number of alkyl halides is 3. The minimum Gasteiger partial charge on any atom is -0.330 e. The molecule has 1 rings (SSSR count). The number of halogens is 3. The summed E-state index contributed by atoms with van der Waals surface area (Å²) in [5.74, 6) is 0. The molecule has 0 radical (unpaired) electrons. The molecule has 0 spiro atoms. The van der Waals surface area contributed by atoms with Crippen LogP contribution in [0.15, 0.2) is 0 Å². The van der Waals surface area contributed by atoms with Gasteiger partial charge in [0.1, 0.15) is 0 Å². The lowest BCUT2D eigenvalue weighted by Gasteiger charge is -2.16. The topological polar surface area (TPSA) is 18.5 Å². The Morgan fingerprint density at radius 1 is 1.33 bits per heavy atom. The molecule has 1 aliphatic rings. The van der Waals surface area contributed by atoms with Crippen molar-refractivity contribution < 1.29 is 18.3 Å². The van der Waals surface area contributed by atoms with Crippen LogP contribution in [0.1, 0.15) is 0 Å². The van der Waals surface area contributed by atoms with E-state index in [9.17, 15) is 8.78 Å². The van der Waals surface area contributed by atoms with Crippen molar-refractivity contribution in [1.82, 2.24) is 0 Å². The van der Waals surface area contributed by atoms with Gasteiger partial charge >= 0.3 is 11.7 Å². The van der Waals surface area contributed by atoms with Crippen LogP contribution in [-0.2, 0) is 9.47 Å². The van der Waals surface area contributed by atoms with Crippen LogP contribution in [0.25, 0.3) is 0 Å². The van der Waals surface area contributed by atoms with Gasteiger partial charge < -0.3 is 9.47 Å². The lowest BCUT2D eigenvalue weighted by molar-refractivity contribution is -0.172. The van der Waals surface area contributed by atoms with Gasteiger partial charge in [-0.25, -0.2) is 8.78 Å². The zero-order valence-electron chi connectivity index (χ0n) is 4.44. The molecular formula is C4H5ClF2O2. The minimum absolute atomic E-state index is 0.133. The summed E-state index contributed by atoms with van der Waals surface area (Å²) in [5, 5.41) is -2.17. The van der Waals surface area contributed by atoms with E-state index in [1.54, 1.807) is 0 Å². The van der Waals surface area contributed by atoms with Crippen LogP contribution in [-0.4, -0.2) is 24.9 Å². The Hall–Kier alpha value is 0.0700. The zero-order valence-corrected chi connectivity index (χ0v) is 5.20. The molecule has 54 valence electrons. The predicted molar refractivity (Wildman–Crippen MR) is 26.5 cm³/mol. The van der Waals surface area contributed by atoms with E-state index >= 15 is 0 Å². The van der Waals surface area contributed by atoms with Crippen molar-refractivity contribution in [2.24, 2.45) is 0 Å². The van der Waals surface area contributed by atoms with Crippen LogP contribution < -0.4 is 0 Å². The first-order chi connectivity index (χ1) is 4.15. The van der Waals surface area contributed by atoms with Gasteiger partial charge in [0, 0.05) is 0 Å². The van der Waals surface area contributed by atoms with Crippen molar-refractivity contribution in [3.8, 4) is 0 Å². The van der Waals surface area contributed by atoms with Gasteiger partial charge in [-0.05, 0) is 0 Å². The highest BCUT2D eigenvalue weighted by atomic mass is 35.5. The fourth-order valence-electron chi connectivity index (χ4n) is 0.529. The predicted octanol–water partition coefficient (Wildman–Crippen LogP) is 1.19. The number of hydrogen-bond donors (Lipinski definition) is 0. The van der Waals surface area contributed by atoms with Gasteiger partial charge in [-0.3, -0.25) is 0 Å². The first-order valence-electron chi connectivity index (χ1n) is 2.40. The van der Waals surface area contributed by atoms with Crippen molar-refractivity contribution in [1.29, 1.82) is 0 Å². The van der Waals surface area contributed by atoms with Gasteiger partial charge in [-0.1, -0.05) is 11.6 Å². The maximum Gasteiger partial charge on any atom is 0.312 e. The molecule has 0 atom stereocenters. The van der Waals surface area contributed by atoms with Crippen LogP contribution in [0.3, 0.4) is 0 Å². The summed E-state index contributed by atoms with van der Waals surface area (Å²) in [7, 11) is 0. The lowest BCUT2D eigenvalue weighted by Crippen LogP contribution is -2.31. The Kier molecular flexibility index (Phi) is 1.88. The molecule has 0 saturated carbocycles. The van der Waals surface area contributed by atoms with Gasteiger partial charge in [0.25, 0.3) is 0 Å². The second-order valence-electron chi connectivity index (χ2n) is 1.58. The van der Waals surface area contributed by atoms with Crippen LogP contribution in [0.4, 0.5) is 8.78 Å². The lowest BCUT2D eigenvalue weighted by atomic mass is 10.7. The summed E-state index contributed by atoms with van der Waals surface area (Å²) in [6.07, 6.45) is -2.79. The van der Waals surface area contributed by atoms with E-state index in [-0.39, 0.29) is 13.2 Å². The number of hydrogen-bond acceptors (Lipinski definition) is 2. The second kappa shape index (κ2) is 2.36. The zero-order chi connectivity index (χ0) is 6.91. The van der Waals surface area contributed by atoms with Gasteiger partial charge in [0.2, 0.25) is 0 Å². The average molecular weight is 159 g/mol. The molecule has 0 N–H and O–H groups in total. The molecule has 1 aliphatic heterocycles. The fraction of sp³-hybridized carbons (Fsp3) is 1.00. The van der Waals surface area contributed by atoms with Gasteiger partial charge in [-0.2, -0.15) is 0 Å². The standard InChI is InChI=1S/C4H5ClF2O2/c5-4(3(6)7)8-1-2-9-4/h3H,1-2H2. The first-order valence-corrected chi connectivity index (χ1v) is 2.78. The Morgan fingerprint density at radius 2 is 1.78 bits per heavy atom. The van der Waals surface area contributed by atoms with Gasteiger partial charge in [0.15, 0.2) is 0 Å². The first kappa shape index (κ1) is 7.18. The summed E-state index contributed by atoms with van der Waals surface area (Å²) in [5.41, 5.74) is 0. The highest BCUT2D eigenvalue weighted by Gasteiger charge is 2.44. The third-order valence-corrected chi connectivity index (χ3v) is 1.32. The van der Waals surface area contributed by atoms with E-state index in [1.807, 2.05) is 0 Å². The summed E-state index contributed by atoms with van der Waals surface area (Å²) in [4.78, 5) is 0. The van der Waals surface area contributed by atoms with Gasteiger partial charge in [-0.15, -0.1) is 0 Å². The molecule has 0 aromatic carbocycles. The molecule has 9 heavy (non-hydrogen) atoms. The van der Waals surface area contributed by atoms with Gasteiger partial charge in [0.05, 0.1) is 13.2 Å². The number of rotatable bonds is 1. The molecule has 0 amide bonds. The Labute approximate surface area is 55.7 Å². The monoisotopic (exact) mass is 158 g/mol. The van der Waals surface area contributed by atoms with Crippen molar-refractivity contribution in [2.75, 3.05) is 13.2 Å². The van der Waals surface area contributed by atoms with Crippen LogP contribution in [0.2, 0.25) is 0 Å². The van der Waals surface area contributed by atoms with E-state index in [0.717, 1.165) is 0 Å². The Morgan fingerprint density at radius 3 is 2.00 bits per heavy atom. The summed E-state index contributed by atoms with van der Waals surface area (Å²) in [6.45, 7) is 0.266. The van der Waals surface area contributed by atoms with E-state index in [2.05, 4.69) is 9.47 Å². The largest absolute Gasteiger partial charge is 0.330 e. The minimum atomic E-state index is -2.79. The third-order valence-electron chi connectivity index (χ3n) is 0.942. The Bertz CT molecular complexity index is 103. The highest BCUT2D eigenvalue weighted by molar-refractivity contribution is 6.22. The maximum absolute atomic E-state index is 11.7. The quantitative estimate of drug-likeness (QED) is 0.534. The van der Waals surface area contributed by atoms with Crippen molar-refractivity contribution in [2.45, 2.75) is 11.7 Å². The van der Waals surface area contributed by atoms with Crippen LogP contribution >= 0.6 is 11.6 Å². The molecule has 0 unspecified atom stereocenters. The summed E-state index contributed by atoms with van der Waals surface area (Å²) >= 11 is 5.11. The smallest absolute Gasteiger partial charge is 0.312 e. The molecule has 0 aliphatic carbocycles. The average Bonchev–Trinajstić information content (AvgIpc) is 2.16. The van der Waals surface area contributed by atoms with E-state index in [4.69, 9.17) is 11.6 Å². The summed E-state index contributed by atoms with van der Waals surface area (Å²) in [6, 6.07) is 0. The molecule has 0 aromatic rings. The fourth-order valence-corrected chi connectivity index (χ4v) is 0.684. The van der Waals surface area contributed by atoms with E-state index in [0.29, 0.717) is 0 Å². The summed E-state index contributed by atoms with van der Waals surface area (Å²) < 4.78 is 32.3. The third kappa shape index (κ3) is 1.31. The second-order valence-corrected chi connectivity index (χ2v) is 2.11. The van der Waals surface area contributed by atoms with Crippen molar-refractivity contribution in [3.63, 3.8) is 0 Å². The molecule has 5 heteroatoms. The molecule has 2 nitrogen and oxygen atoms in total. The molecule has 0 bridgehead atoms. The van der Waals surface area contributed by atoms with Crippen LogP contribution in [0.5, 0.6) is 0 Å². The van der Waals surface area contributed by atoms with E-state index in [1.165, 1.54) is 0 Å². The molecule has 1 heterocycles. The SMILES string of the molecule is FC(F)C1(Cl)OCCO1. The molecular weight excluding hydrogens is 153 g/mol. The molecule has 1 fully saturated rings. The van der Waals surface area contributed by atoms with Crippen molar-refractivity contribution in [3.05, 3.63) is 0 Å². The highest BCUT2D eigenvalue weighted by Crippen LogP contribution is 2.30. The normalized spacial score (nSPS) is 25.3. The van der Waals surface area contributed by atoms with E-state index < -0.39 is 11.7 Å². The molecule has 1 saturated heterocycles. The maximum atomic E-state index is 11.7. The Balaban J connectivity index is 2.51.